The lowest BCUT2D eigenvalue weighted by Gasteiger charge is -2.30. The lowest BCUT2D eigenvalue weighted by molar-refractivity contribution is 0.134. The van der Waals surface area contributed by atoms with Gasteiger partial charge in [0, 0.05) is 40.5 Å². The van der Waals surface area contributed by atoms with Gasteiger partial charge in [0.05, 0.1) is 41.7 Å². The van der Waals surface area contributed by atoms with Crippen molar-refractivity contribution in [1.29, 1.82) is 0 Å². The Kier molecular flexibility index (Phi) is 8.10. The molecule has 0 bridgehead atoms. The van der Waals surface area contributed by atoms with E-state index in [-0.39, 0.29) is 17.8 Å². The molecule has 6 nitrogen and oxygen atoms in total. The molecule has 0 fully saturated rings. The molecule has 4 aromatic rings. The standard InChI is InChI=1S/C33H33ClO6/c1-36-23-12-8-19(9-13-23)29-30(21-14-24(37-2)16-25(15-21)38-3)32(33(35)20-6-10-22(34)11-7-20)27-17-26(39-4)18-28(40-5)31(27)29/h6-18,29-30,32-33,35H,1-5H3/t29-,30-,32?,33?/m0/s1. The molecule has 0 saturated carbocycles. The van der Waals surface area contributed by atoms with Gasteiger partial charge in [0.25, 0.3) is 0 Å². The quantitative estimate of drug-likeness (QED) is 0.235. The average molecular weight is 561 g/mol. The van der Waals surface area contributed by atoms with Crippen molar-refractivity contribution in [2.75, 3.05) is 35.5 Å². The van der Waals surface area contributed by atoms with E-state index in [1.807, 2.05) is 54.6 Å². The van der Waals surface area contributed by atoms with Gasteiger partial charge in [-0.05, 0) is 64.7 Å². The summed E-state index contributed by atoms with van der Waals surface area (Å²) in [4.78, 5) is 0. The third kappa shape index (κ3) is 5.05. The predicted molar refractivity (Wildman–Crippen MR) is 156 cm³/mol. The van der Waals surface area contributed by atoms with Crippen LogP contribution < -0.4 is 23.7 Å². The lowest BCUT2D eigenvalue weighted by atomic mass is 9.75. The van der Waals surface area contributed by atoms with E-state index in [1.54, 1.807) is 47.7 Å². The number of halogens is 1. The predicted octanol–water partition coefficient (Wildman–Crippen LogP) is 7.13. The Morgan fingerprint density at radius 3 is 1.75 bits per heavy atom. The Balaban J connectivity index is 1.81. The minimum Gasteiger partial charge on any atom is -0.497 e. The molecule has 0 aromatic heterocycles. The molecule has 0 amide bonds. The second-order valence-corrected chi connectivity index (χ2v) is 10.2. The van der Waals surface area contributed by atoms with E-state index < -0.39 is 6.10 Å². The number of hydrogen-bond donors (Lipinski definition) is 1. The molecule has 1 aliphatic carbocycles. The van der Waals surface area contributed by atoms with Gasteiger partial charge < -0.3 is 28.8 Å². The number of methoxy groups -OCH3 is 5. The molecule has 40 heavy (non-hydrogen) atoms. The molecule has 4 atom stereocenters. The van der Waals surface area contributed by atoms with Crippen molar-refractivity contribution < 1.29 is 28.8 Å². The lowest BCUT2D eigenvalue weighted by Crippen LogP contribution is -2.18. The van der Waals surface area contributed by atoms with Gasteiger partial charge in [0.15, 0.2) is 0 Å². The van der Waals surface area contributed by atoms with Crippen LogP contribution in [0.1, 0.15) is 51.7 Å². The molecule has 0 heterocycles. The van der Waals surface area contributed by atoms with Crippen LogP contribution in [0.2, 0.25) is 5.02 Å². The zero-order valence-electron chi connectivity index (χ0n) is 23.2. The van der Waals surface area contributed by atoms with E-state index in [2.05, 4.69) is 12.1 Å². The zero-order chi connectivity index (χ0) is 28.4. The molecule has 0 saturated heterocycles. The molecule has 5 rings (SSSR count). The normalized spacial score (nSPS) is 18.5. The average Bonchev–Trinajstić information content (AvgIpc) is 3.35. The van der Waals surface area contributed by atoms with Gasteiger partial charge in [-0.1, -0.05) is 35.9 Å². The maximum atomic E-state index is 12.1. The Labute approximate surface area is 240 Å². The first-order valence-corrected chi connectivity index (χ1v) is 13.4. The van der Waals surface area contributed by atoms with E-state index in [1.165, 1.54) is 0 Å². The van der Waals surface area contributed by atoms with Crippen molar-refractivity contribution in [3.05, 3.63) is 112 Å². The summed E-state index contributed by atoms with van der Waals surface area (Å²) in [5.41, 5.74) is 4.73. The fourth-order valence-corrected chi connectivity index (χ4v) is 6.06. The Bertz CT molecular complexity index is 1450. The Hall–Kier alpha value is -3.87. The minimum absolute atomic E-state index is 0.175. The maximum absolute atomic E-state index is 12.1. The van der Waals surface area contributed by atoms with Gasteiger partial charge in [-0.25, -0.2) is 0 Å². The number of hydrogen-bond acceptors (Lipinski definition) is 6. The highest BCUT2D eigenvalue weighted by molar-refractivity contribution is 6.30. The molecular weight excluding hydrogens is 528 g/mol. The SMILES string of the molecule is COc1ccc([C@@H]2c3c(OC)cc(OC)cc3C(C(O)c3ccc(Cl)cc3)[C@H]2c2cc(OC)cc(OC)c2)cc1. The maximum Gasteiger partial charge on any atom is 0.126 e. The molecule has 208 valence electrons. The Morgan fingerprint density at radius 2 is 1.20 bits per heavy atom. The van der Waals surface area contributed by atoms with Crippen LogP contribution in [0.25, 0.3) is 0 Å². The van der Waals surface area contributed by atoms with E-state index in [9.17, 15) is 5.11 Å². The number of fused-ring (bicyclic) bond motifs is 1. The van der Waals surface area contributed by atoms with Crippen molar-refractivity contribution >= 4 is 11.6 Å². The van der Waals surface area contributed by atoms with Crippen LogP contribution >= 0.6 is 11.6 Å². The number of aliphatic hydroxyl groups excluding tert-OH is 1. The van der Waals surface area contributed by atoms with Crippen LogP contribution in [-0.4, -0.2) is 40.7 Å². The number of benzene rings is 4. The Morgan fingerprint density at radius 1 is 0.625 bits per heavy atom. The molecule has 0 spiro atoms. The summed E-state index contributed by atoms with van der Waals surface area (Å²) < 4.78 is 28.4. The van der Waals surface area contributed by atoms with Gasteiger partial charge in [-0.2, -0.15) is 0 Å². The van der Waals surface area contributed by atoms with Crippen molar-refractivity contribution in [3.63, 3.8) is 0 Å². The van der Waals surface area contributed by atoms with Gasteiger partial charge in [-0.15, -0.1) is 0 Å². The van der Waals surface area contributed by atoms with E-state index >= 15 is 0 Å². The summed E-state index contributed by atoms with van der Waals surface area (Å²) in [5.74, 6) is 2.68. The number of ether oxygens (including phenoxy) is 5. The molecule has 7 heteroatoms. The molecule has 0 radical (unpaired) electrons. The topological polar surface area (TPSA) is 66.4 Å². The third-order valence-electron chi connectivity index (χ3n) is 7.80. The van der Waals surface area contributed by atoms with Crippen molar-refractivity contribution in [3.8, 4) is 28.7 Å². The largest absolute Gasteiger partial charge is 0.497 e. The van der Waals surface area contributed by atoms with Crippen LogP contribution in [0.5, 0.6) is 28.7 Å². The molecule has 0 aliphatic heterocycles. The van der Waals surface area contributed by atoms with Crippen LogP contribution in [0.3, 0.4) is 0 Å². The fraction of sp³-hybridized carbons (Fsp3) is 0.273. The van der Waals surface area contributed by atoms with Gasteiger partial charge in [-0.3, -0.25) is 0 Å². The summed E-state index contributed by atoms with van der Waals surface area (Å²) in [6, 6.07) is 25.2. The van der Waals surface area contributed by atoms with Crippen molar-refractivity contribution in [2.24, 2.45) is 0 Å². The first-order chi connectivity index (χ1) is 19.4. The highest BCUT2D eigenvalue weighted by atomic mass is 35.5. The smallest absolute Gasteiger partial charge is 0.126 e. The second-order valence-electron chi connectivity index (χ2n) is 9.78. The summed E-state index contributed by atoms with van der Waals surface area (Å²) in [6.45, 7) is 0. The van der Waals surface area contributed by atoms with Crippen molar-refractivity contribution in [2.45, 2.75) is 23.9 Å². The van der Waals surface area contributed by atoms with E-state index in [0.29, 0.717) is 28.0 Å². The highest BCUT2D eigenvalue weighted by Crippen LogP contribution is 2.62. The second kappa shape index (κ2) is 11.7. The van der Waals surface area contributed by atoms with Crippen molar-refractivity contribution in [1.82, 2.24) is 0 Å². The minimum atomic E-state index is -0.863. The summed E-state index contributed by atoms with van der Waals surface area (Å²) in [6.07, 6.45) is -0.863. The van der Waals surface area contributed by atoms with E-state index in [0.717, 1.165) is 33.6 Å². The van der Waals surface area contributed by atoms with Gasteiger partial charge >= 0.3 is 0 Å². The van der Waals surface area contributed by atoms with Crippen LogP contribution in [0.15, 0.2) is 78.9 Å². The fourth-order valence-electron chi connectivity index (χ4n) is 5.94. The molecular formula is C33H33ClO6. The van der Waals surface area contributed by atoms with Crippen LogP contribution in [0.4, 0.5) is 0 Å². The van der Waals surface area contributed by atoms with Crippen LogP contribution in [-0.2, 0) is 0 Å². The summed E-state index contributed by atoms with van der Waals surface area (Å²) in [7, 11) is 8.21. The molecule has 2 unspecified atom stereocenters. The highest BCUT2D eigenvalue weighted by Gasteiger charge is 2.48. The van der Waals surface area contributed by atoms with Gasteiger partial charge in [0.2, 0.25) is 0 Å². The number of rotatable bonds is 9. The monoisotopic (exact) mass is 560 g/mol. The number of aliphatic hydroxyl groups is 1. The molecule has 1 N–H and O–H groups in total. The zero-order valence-corrected chi connectivity index (χ0v) is 23.9. The molecule has 1 aliphatic rings. The van der Waals surface area contributed by atoms with Gasteiger partial charge in [0.1, 0.15) is 28.7 Å². The van der Waals surface area contributed by atoms with Crippen LogP contribution in [0, 0.1) is 0 Å². The summed E-state index contributed by atoms with van der Waals surface area (Å²) in [5, 5.41) is 12.7. The van der Waals surface area contributed by atoms with E-state index in [4.69, 9.17) is 35.3 Å². The first-order valence-electron chi connectivity index (χ1n) is 13.0. The first kappa shape index (κ1) is 27.7. The molecule has 4 aromatic carbocycles. The summed E-state index contributed by atoms with van der Waals surface area (Å²) >= 11 is 6.20. The third-order valence-corrected chi connectivity index (χ3v) is 8.06.